The van der Waals surface area contributed by atoms with Crippen molar-refractivity contribution in [2.45, 2.75) is 11.6 Å². The first-order valence-corrected chi connectivity index (χ1v) is 6.92. The largest absolute Gasteiger partial charge is 0.396 e. The normalized spacial score (nSPS) is 10.9. The number of hydrogen-bond acceptors (Lipinski definition) is 5. The van der Waals surface area contributed by atoms with Gasteiger partial charge in [0.25, 0.3) is 0 Å². The highest BCUT2D eigenvalue weighted by atomic mass is 32.2. The lowest BCUT2D eigenvalue weighted by atomic mass is 10.2. The highest BCUT2D eigenvalue weighted by Crippen LogP contribution is 2.24. The highest BCUT2D eigenvalue weighted by Gasteiger charge is 2.03. The fourth-order valence-electron chi connectivity index (χ4n) is 1.83. The van der Waals surface area contributed by atoms with Gasteiger partial charge in [-0.05, 0) is 6.07 Å². The summed E-state index contributed by atoms with van der Waals surface area (Å²) in [6, 6.07) is 8.03. The van der Waals surface area contributed by atoms with Gasteiger partial charge in [-0.1, -0.05) is 18.2 Å². The van der Waals surface area contributed by atoms with Crippen LogP contribution in [0.3, 0.4) is 0 Å². The summed E-state index contributed by atoms with van der Waals surface area (Å²) in [7, 11) is 0. The zero-order chi connectivity index (χ0) is 13.1. The van der Waals surface area contributed by atoms with Crippen LogP contribution in [-0.2, 0) is 6.54 Å². The molecular weight excluding hydrogens is 258 g/mol. The van der Waals surface area contributed by atoms with Crippen LogP contribution in [0.4, 0.5) is 5.69 Å². The molecule has 96 valence electrons. The number of fused-ring (bicyclic) bond motifs is 1. The van der Waals surface area contributed by atoms with Gasteiger partial charge < -0.3 is 5.73 Å². The van der Waals surface area contributed by atoms with E-state index in [1.165, 1.54) is 0 Å². The first kappa shape index (κ1) is 12.0. The van der Waals surface area contributed by atoms with Crippen molar-refractivity contribution < 1.29 is 0 Å². The average molecular weight is 271 g/mol. The fourth-order valence-corrected chi connectivity index (χ4v) is 2.75. The number of hydrogen-bond donors (Lipinski definition) is 1. The van der Waals surface area contributed by atoms with Crippen molar-refractivity contribution in [3.05, 3.63) is 43.0 Å². The predicted molar refractivity (Wildman–Crippen MR) is 76.9 cm³/mol. The van der Waals surface area contributed by atoms with Crippen molar-refractivity contribution in [1.82, 2.24) is 19.7 Å². The Morgan fingerprint density at radius 3 is 2.95 bits per heavy atom. The molecule has 5 nitrogen and oxygen atoms in total. The molecule has 2 N–H and O–H groups in total. The molecule has 0 aliphatic rings. The van der Waals surface area contributed by atoms with Crippen LogP contribution in [0.15, 0.2) is 48.0 Å². The van der Waals surface area contributed by atoms with Crippen LogP contribution in [-0.4, -0.2) is 25.5 Å². The summed E-state index contributed by atoms with van der Waals surface area (Å²) in [4.78, 5) is 8.59. The van der Waals surface area contributed by atoms with E-state index in [9.17, 15) is 0 Å². The molecule has 0 saturated heterocycles. The Bertz CT molecular complexity index is 689. The third kappa shape index (κ3) is 2.68. The molecule has 0 fully saturated rings. The Hall–Kier alpha value is -2.08. The topological polar surface area (TPSA) is 69.6 Å². The third-order valence-electron chi connectivity index (χ3n) is 2.72. The summed E-state index contributed by atoms with van der Waals surface area (Å²) in [5, 5.41) is 6.25. The van der Waals surface area contributed by atoms with Gasteiger partial charge in [0, 0.05) is 17.3 Å². The van der Waals surface area contributed by atoms with E-state index in [1.807, 2.05) is 35.1 Å². The molecule has 0 saturated carbocycles. The number of para-hydroxylation sites is 1. The van der Waals surface area contributed by atoms with Crippen LogP contribution in [0.2, 0.25) is 0 Å². The van der Waals surface area contributed by atoms with Gasteiger partial charge in [0.05, 0.1) is 23.9 Å². The molecule has 3 rings (SSSR count). The van der Waals surface area contributed by atoms with E-state index < -0.39 is 0 Å². The second-order valence-electron chi connectivity index (χ2n) is 4.08. The number of aromatic nitrogens is 4. The smallest absolute Gasteiger partial charge is 0.117 e. The van der Waals surface area contributed by atoms with Crippen LogP contribution in [0, 0.1) is 0 Å². The SMILES string of the molecule is Nc1cnn(CCSc2ncnc3ccccc23)c1. The monoisotopic (exact) mass is 271 g/mol. The molecule has 2 aromatic heterocycles. The number of aryl methyl sites for hydroxylation is 1. The third-order valence-corrected chi connectivity index (χ3v) is 3.70. The van der Waals surface area contributed by atoms with E-state index in [1.54, 1.807) is 24.3 Å². The maximum atomic E-state index is 5.63. The number of anilines is 1. The number of nitrogens with zero attached hydrogens (tertiary/aromatic N) is 4. The van der Waals surface area contributed by atoms with Crippen molar-refractivity contribution in [3.8, 4) is 0 Å². The number of rotatable bonds is 4. The van der Waals surface area contributed by atoms with Crippen LogP contribution < -0.4 is 5.73 Å². The van der Waals surface area contributed by atoms with Crippen LogP contribution in [0.5, 0.6) is 0 Å². The molecule has 19 heavy (non-hydrogen) atoms. The summed E-state index contributed by atoms with van der Waals surface area (Å²) in [5.74, 6) is 0.891. The number of thioether (sulfide) groups is 1. The number of benzene rings is 1. The Kier molecular flexibility index (Phi) is 3.33. The quantitative estimate of drug-likeness (QED) is 0.582. The summed E-state index contributed by atoms with van der Waals surface area (Å²) >= 11 is 1.70. The van der Waals surface area contributed by atoms with E-state index >= 15 is 0 Å². The molecule has 0 radical (unpaired) electrons. The summed E-state index contributed by atoms with van der Waals surface area (Å²) < 4.78 is 1.84. The second-order valence-corrected chi connectivity index (χ2v) is 5.16. The van der Waals surface area contributed by atoms with Gasteiger partial charge in [-0.2, -0.15) is 5.10 Å². The van der Waals surface area contributed by atoms with E-state index in [0.29, 0.717) is 5.69 Å². The molecule has 0 amide bonds. The van der Waals surface area contributed by atoms with E-state index in [-0.39, 0.29) is 0 Å². The Labute approximate surface area is 114 Å². The van der Waals surface area contributed by atoms with E-state index in [4.69, 9.17) is 5.73 Å². The zero-order valence-corrected chi connectivity index (χ0v) is 11.0. The minimum absolute atomic E-state index is 0.692. The van der Waals surface area contributed by atoms with Crippen molar-refractivity contribution in [1.29, 1.82) is 0 Å². The minimum atomic E-state index is 0.692. The molecule has 2 heterocycles. The molecule has 0 bridgehead atoms. The van der Waals surface area contributed by atoms with E-state index in [0.717, 1.165) is 28.2 Å². The Morgan fingerprint density at radius 2 is 2.11 bits per heavy atom. The Balaban J connectivity index is 1.71. The van der Waals surface area contributed by atoms with E-state index in [2.05, 4.69) is 15.1 Å². The highest BCUT2D eigenvalue weighted by molar-refractivity contribution is 7.99. The van der Waals surface area contributed by atoms with Gasteiger partial charge >= 0.3 is 0 Å². The number of nitrogen functional groups attached to an aromatic ring is 1. The van der Waals surface area contributed by atoms with Gasteiger partial charge in [0.15, 0.2) is 0 Å². The lowest BCUT2D eigenvalue weighted by molar-refractivity contribution is 0.666. The van der Waals surface area contributed by atoms with Crippen molar-refractivity contribution in [3.63, 3.8) is 0 Å². The van der Waals surface area contributed by atoms with Gasteiger partial charge in [-0.15, -0.1) is 11.8 Å². The molecule has 0 aliphatic carbocycles. The van der Waals surface area contributed by atoms with Crippen molar-refractivity contribution in [2.24, 2.45) is 0 Å². The molecule has 0 unspecified atom stereocenters. The van der Waals surface area contributed by atoms with Crippen LogP contribution >= 0.6 is 11.8 Å². The van der Waals surface area contributed by atoms with Crippen LogP contribution in [0.25, 0.3) is 10.9 Å². The fraction of sp³-hybridized carbons (Fsp3) is 0.154. The van der Waals surface area contributed by atoms with Gasteiger partial charge in [-0.25, -0.2) is 9.97 Å². The molecular formula is C13H13N5S. The van der Waals surface area contributed by atoms with Gasteiger partial charge in [-0.3, -0.25) is 4.68 Å². The van der Waals surface area contributed by atoms with Crippen LogP contribution in [0.1, 0.15) is 0 Å². The molecule has 1 aromatic carbocycles. The molecule has 3 aromatic rings. The lowest BCUT2D eigenvalue weighted by Gasteiger charge is -2.04. The maximum Gasteiger partial charge on any atom is 0.117 e. The van der Waals surface area contributed by atoms with Crippen molar-refractivity contribution >= 4 is 28.4 Å². The van der Waals surface area contributed by atoms with Gasteiger partial charge in [0.2, 0.25) is 0 Å². The first-order chi connectivity index (χ1) is 9.33. The summed E-state index contributed by atoms with van der Waals surface area (Å²) in [5.41, 5.74) is 7.29. The second kappa shape index (κ2) is 5.27. The first-order valence-electron chi connectivity index (χ1n) is 5.93. The standard InChI is InChI=1S/C13H13N5S/c14-10-7-17-18(8-10)5-6-19-13-11-3-1-2-4-12(11)15-9-16-13/h1-4,7-9H,5-6,14H2. The Morgan fingerprint density at radius 1 is 1.21 bits per heavy atom. The lowest BCUT2D eigenvalue weighted by Crippen LogP contribution is -2.01. The summed E-state index contributed by atoms with van der Waals surface area (Å²) in [6.45, 7) is 0.806. The predicted octanol–water partition coefficient (Wildman–Crippen LogP) is 2.20. The maximum absolute atomic E-state index is 5.63. The minimum Gasteiger partial charge on any atom is -0.396 e. The zero-order valence-electron chi connectivity index (χ0n) is 10.2. The molecule has 0 atom stereocenters. The average Bonchev–Trinajstić information content (AvgIpc) is 2.85. The molecule has 0 spiro atoms. The number of nitrogens with two attached hydrogens (primary N) is 1. The summed E-state index contributed by atoms with van der Waals surface area (Å²) in [6.07, 6.45) is 5.10. The van der Waals surface area contributed by atoms with Gasteiger partial charge in [0.1, 0.15) is 11.4 Å². The van der Waals surface area contributed by atoms with Crippen molar-refractivity contribution in [2.75, 3.05) is 11.5 Å². The molecule has 0 aliphatic heterocycles. The molecule has 6 heteroatoms.